The molecule has 0 aromatic heterocycles. The largest absolute Gasteiger partial charge is 0.321 e. The number of nitrogens with one attached hydrogen (secondary N) is 1. The number of nitrogens with two attached hydrogens (primary N) is 1. The van der Waals surface area contributed by atoms with Gasteiger partial charge in [-0.3, -0.25) is 9.59 Å². The van der Waals surface area contributed by atoms with E-state index >= 15 is 0 Å². The molecule has 6 heteroatoms. The number of carbonyl (C=O) groups is 2. The fourth-order valence-electron chi connectivity index (χ4n) is 6.00. The summed E-state index contributed by atoms with van der Waals surface area (Å²) in [5.74, 6) is 4.81. The van der Waals surface area contributed by atoms with Gasteiger partial charge in [-0.15, -0.1) is 0 Å². The molecule has 2 aliphatic carbocycles. The van der Waals surface area contributed by atoms with Crippen molar-refractivity contribution >= 4 is 35.1 Å². The van der Waals surface area contributed by atoms with Gasteiger partial charge in [-0.1, -0.05) is 33.6 Å². The van der Waals surface area contributed by atoms with Crippen LogP contribution >= 0.6 is 23.5 Å². The predicted octanol–water partition coefficient (Wildman–Crippen LogP) is 4.69. The van der Waals surface area contributed by atoms with Crippen LogP contribution in [0.25, 0.3) is 0 Å². The molecule has 0 bridgehead atoms. The molecule has 3 N–H and O–H groups in total. The Kier molecular flexibility index (Phi) is 10.3. The van der Waals surface area contributed by atoms with Crippen LogP contribution in [0.1, 0.15) is 78.6 Å². The Labute approximate surface area is 198 Å². The normalized spacial score (nSPS) is 41.2. The fraction of sp³-hybridized carbons (Fsp3) is 0.920. The summed E-state index contributed by atoms with van der Waals surface area (Å²) in [5.41, 5.74) is 5.88. The van der Waals surface area contributed by atoms with E-state index < -0.39 is 0 Å². The van der Waals surface area contributed by atoms with Crippen molar-refractivity contribution in [3.63, 3.8) is 0 Å². The van der Waals surface area contributed by atoms with Crippen LogP contribution in [0.3, 0.4) is 0 Å². The molecular formula is C25H44N2O2S2. The molecule has 0 radical (unpaired) electrons. The molecule has 2 heterocycles. The summed E-state index contributed by atoms with van der Waals surface area (Å²) in [6, 6.07) is -0.0453. The molecule has 31 heavy (non-hydrogen) atoms. The standard InChI is InChI=1S/C14H25NOS.C11H19NOS/c1-3-8-15-11-7-9-17-12-6-4-5-10(2)13(12)14(11)16;1-7-3-2-4-9-10(7)11(13)8(12)5-6-14-9/h10-13,15H,3-9H2,1-2H3;7-10H,2-6,12H2,1H3/t10-,11+,12+,13?;7-,8+,9+,10?/m11/s1. The summed E-state index contributed by atoms with van der Waals surface area (Å²) in [5, 5.41) is 4.63. The second-order valence-electron chi connectivity index (χ2n) is 10.2. The minimum atomic E-state index is -0.182. The molecule has 8 atom stereocenters. The van der Waals surface area contributed by atoms with Gasteiger partial charge in [0.2, 0.25) is 0 Å². The highest BCUT2D eigenvalue weighted by Gasteiger charge is 2.41. The van der Waals surface area contributed by atoms with Crippen molar-refractivity contribution in [3.8, 4) is 0 Å². The molecule has 2 saturated carbocycles. The summed E-state index contributed by atoms with van der Waals surface area (Å²) in [4.78, 5) is 24.7. The number of ketones is 2. The average molecular weight is 469 g/mol. The van der Waals surface area contributed by atoms with Crippen LogP contribution in [-0.4, -0.2) is 52.2 Å². The maximum atomic E-state index is 12.6. The Morgan fingerprint density at radius 1 is 0.839 bits per heavy atom. The second-order valence-corrected chi connectivity index (χ2v) is 12.9. The van der Waals surface area contributed by atoms with Gasteiger partial charge in [-0.05, 0) is 74.8 Å². The van der Waals surface area contributed by atoms with Crippen molar-refractivity contribution in [2.75, 3.05) is 18.1 Å². The number of hydrogen-bond donors (Lipinski definition) is 2. The Bertz CT molecular complexity index is 602. The predicted molar refractivity (Wildman–Crippen MR) is 135 cm³/mol. The van der Waals surface area contributed by atoms with Crippen molar-refractivity contribution in [2.24, 2.45) is 29.4 Å². The summed E-state index contributed by atoms with van der Waals surface area (Å²) < 4.78 is 0. The summed E-state index contributed by atoms with van der Waals surface area (Å²) in [6.07, 6.45) is 10.6. The Balaban J connectivity index is 0.000000179. The van der Waals surface area contributed by atoms with Crippen LogP contribution < -0.4 is 11.1 Å². The van der Waals surface area contributed by atoms with E-state index in [9.17, 15) is 9.59 Å². The van der Waals surface area contributed by atoms with Gasteiger partial charge in [0, 0.05) is 22.3 Å². The summed E-state index contributed by atoms with van der Waals surface area (Å²) >= 11 is 4.03. The molecule has 4 rings (SSSR count). The smallest absolute Gasteiger partial charge is 0.154 e. The van der Waals surface area contributed by atoms with Gasteiger partial charge in [0.15, 0.2) is 11.6 Å². The number of rotatable bonds is 3. The van der Waals surface area contributed by atoms with E-state index in [4.69, 9.17) is 5.73 Å². The number of fused-ring (bicyclic) bond motifs is 2. The van der Waals surface area contributed by atoms with Crippen LogP contribution in [-0.2, 0) is 9.59 Å². The topological polar surface area (TPSA) is 72.2 Å². The molecule has 2 unspecified atom stereocenters. The first kappa shape index (κ1) is 25.6. The van der Waals surface area contributed by atoms with Gasteiger partial charge in [0.1, 0.15) is 0 Å². The lowest BCUT2D eigenvalue weighted by molar-refractivity contribution is -0.127. The van der Waals surface area contributed by atoms with E-state index in [-0.39, 0.29) is 18.0 Å². The average Bonchev–Trinajstić information content (AvgIpc) is 3.00. The molecular weight excluding hydrogens is 424 g/mol. The summed E-state index contributed by atoms with van der Waals surface area (Å²) in [6.45, 7) is 7.63. The quantitative estimate of drug-likeness (QED) is 0.626. The molecule has 0 aromatic carbocycles. The van der Waals surface area contributed by atoms with Crippen LogP contribution in [0.15, 0.2) is 0 Å². The lowest BCUT2D eigenvalue weighted by Gasteiger charge is -2.34. The van der Waals surface area contributed by atoms with E-state index in [1.165, 1.54) is 38.5 Å². The molecule has 2 saturated heterocycles. The zero-order valence-corrected chi connectivity index (χ0v) is 21.4. The first-order chi connectivity index (χ1) is 14.9. The van der Waals surface area contributed by atoms with E-state index in [1.807, 2.05) is 11.8 Å². The van der Waals surface area contributed by atoms with E-state index in [0.717, 1.165) is 37.3 Å². The van der Waals surface area contributed by atoms with Gasteiger partial charge < -0.3 is 11.1 Å². The summed E-state index contributed by atoms with van der Waals surface area (Å²) in [7, 11) is 0. The maximum absolute atomic E-state index is 12.6. The highest BCUT2D eigenvalue weighted by atomic mass is 32.2. The van der Waals surface area contributed by atoms with Crippen molar-refractivity contribution < 1.29 is 9.59 Å². The van der Waals surface area contributed by atoms with Crippen molar-refractivity contribution in [2.45, 2.75) is 101 Å². The zero-order chi connectivity index (χ0) is 22.4. The second kappa shape index (κ2) is 12.4. The molecule has 178 valence electrons. The molecule has 4 nitrogen and oxygen atoms in total. The lowest BCUT2D eigenvalue weighted by Crippen LogP contribution is -2.45. The first-order valence-corrected chi connectivity index (χ1v) is 14.8. The van der Waals surface area contributed by atoms with Crippen molar-refractivity contribution in [1.29, 1.82) is 0 Å². The first-order valence-electron chi connectivity index (χ1n) is 12.7. The van der Waals surface area contributed by atoms with Gasteiger partial charge >= 0.3 is 0 Å². The van der Waals surface area contributed by atoms with E-state index in [0.29, 0.717) is 39.8 Å². The zero-order valence-electron chi connectivity index (χ0n) is 19.8. The van der Waals surface area contributed by atoms with Gasteiger partial charge in [-0.25, -0.2) is 0 Å². The molecule has 4 fully saturated rings. The third-order valence-electron chi connectivity index (χ3n) is 7.83. The van der Waals surface area contributed by atoms with Crippen LogP contribution in [0, 0.1) is 23.7 Å². The van der Waals surface area contributed by atoms with Crippen molar-refractivity contribution in [1.82, 2.24) is 5.32 Å². The lowest BCUT2D eigenvalue weighted by atomic mass is 9.75. The van der Waals surface area contributed by atoms with Crippen LogP contribution in [0.4, 0.5) is 0 Å². The SMILES string of the molecule is CCCN[C@H]1CCS[C@H]2CCC[C@@H](C)C2C1=O.C[C@@H]1CCC[C@@H]2SCC[C@H](N)C(=O)C12. The van der Waals surface area contributed by atoms with Gasteiger partial charge in [0.25, 0.3) is 0 Å². The molecule has 0 aromatic rings. The number of carbonyl (C=O) groups excluding carboxylic acids is 2. The third kappa shape index (κ3) is 6.51. The fourth-order valence-corrected chi connectivity index (χ4v) is 9.26. The van der Waals surface area contributed by atoms with E-state index in [1.54, 1.807) is 0 Å². The maximum Gasteiger partial charge on any atom is 0.154 e. The highest BCUT2D eigenvalue weighted by molar-refractivity contribution is 8.00. The molecule has 2 aliphatic heterocycles. The highest BCUT2D eigenvalue weighted by Crippen LogP contribution is 2.41. The molecule has 4 aliphatic rings. The van der Waals surface area contributed by atoms with E-state index in [2.05, 4.69) is 37.8 Å². The molecule has 0 amide bonds. The molecule has 0 spiro atoms. The van der Waals surface area contributed by atoms with Crippen molar-refractivity contribution in [3.05, 3.63) is 0 Å². The minimum absolute atomic E-state index is 0.137. The Morgan fingerprint density at radius 2 is 1.39 bits per heavy atom. The number of hydrogen-bond acceptors (Lipinski definition) is 6. The third-order valence-corrected chi connectivity index (χ3v) is 10.7. The van der Waals surface area contributed by atoms with Gasteiger partial charge in [-0.2, -0.15) is 23.5 Å². The Hall–Kier alpha value is -0.0400. The monoisotopic (exact) mass is 468 g/mol. The van der Waals surface area contributed by atoms with Gasteiger partial charge in [0.05, 0.1) is 12.1 Å². The number of Topliss-reactive ketones (excluding diaryl/α,β-unsaturated/α-hetero) is 2. The van der Waals surface area contributed by atoms with Crippen LogP contribution in [0.2, 0.25) is 0 Å². The Morgan fingerprint density at radius 3 is 1.97 bits per heavy atom. The minimum Gasteiger partial charge on any atom is -0.321 e. The van der Waals surface area contributed by atoms with Crippen LogP contribution in [0.5, 0.6) is 0 Å². The number of thioether (sulfide) groups is 2.